The molecule has 4 aliphatic heterocycles. The van der Waals surface area contributed by atoms with Crippen LogP contribution in [0.5, 0.6) is 23.0 Å². The smallest absolute Gasteiger partial charge is 0.762 e. The van der Waals surface area contributed by atoms with Gasteiger partial charge < -0.3 is 55.5 Å². The summed E-state index contributed by atoms with van der Waals surface area (Å²) in [7, 11) is -4.26. The van der Waals surface area contributed by atoms with Gasteiger partial charge in [-0.25, -0.2) is 0 Å². The molecule has 0 unspecified atom stereocenters. The maximum Gasteiger partial charge on any atom is 0.762 e. The van der Waals surface area contributed by atoms with E-state index >= 15 is 0 Å². The van der Waals surface area contributed by atoms with E-state index in [1.54, 1.807) is 28.4 Å². The number of halogens is 12. The van der Waals surface area contributed by atoms with Crippen LogP contribution in [-0.4, -0.2) is 62.6 Å². The van der Waals surface area contributed by atoms with Crippen LogP contribution in [0.15, 0.2) is 254 Å². The molecular formula is C91H72B3F12N3O10. The van der Waals surface area contributed by atoms with Crippen molar-refractivity contribution >= 4 is 139 Å². The van der Waals surface area contributed by atoms with Gasteiger partial charge in [0.2, 0.25) is 50.2 Å². The maximum absolute atomic E-state index is 11.9. The molecule has 0 bridgehead atoms. The summed E-state index contributed by atoms with van der Waals surface area (Å²) in [6.45, 7) is 9.84. The summed E-state index contributed by atoms with van der Waals surface area (Å²) in [4.78, 5) is 11.9. The highest BCUT2D eigenvalue weighted by Gasteiger charge is 2.36. The molecule has 0 atom stereocenters. The Kier molecular flexibility index (Phi) is 26.6. The highest BCUT2D eigenvalue weighted by molar-refractivity contribution is 6.34. The molecule has 0 fully saturated rings. The fourth-order valence-electron chi connectivity index (χ4n) is 15.2. The summed E-state index contributed by atoms with van der Waals surface area (Å²) in [5.41, 5.74) is 25.6. The van der Waals surface area contributed by atoms with E-state index in [9.17, 15) is 43.6 Å². The molecule has 15 aromatic rings. The number of methoxy groups -OCH3 is 4. The van der Waals surface area contributed by atoms with Crippen molar-refractivity contribution in [3.05, 3.63) is 253 Å². The molecule has 604 valence electrons. The molecule has 119 heavy (non-hydrogen) atoms. The largest absolute Gasteiger partial charge is 1.00 e. The third kappa shape index (κ3) is 17.3. The minimum Gasteiger partial charge on any atom is -1.00 e. The summed E-state index contributed by atoms with van der Waals surface area (Å²) in [5, 5.41) is 6.32. The Bertz CT molecular complexity index is 6450. The molecule has 0 aliphatic carbocycles. The van der Waals surface area contributed by atoms with Crippen LogP contribution in [0.25, 0.3) is 161 Å². The normalized spacial score (nSPS) is 11.0. The Morgan fingerprint density at radius 1 is 0.345 bits per heavy atom. The number of benzene rings is 12. The van der Waals surface area contributed by atoms with Gasteiger partial charge in [0.05, 0.1) is 77.4 Å². The summed E-state index contributed by atoms with van der Waals surface area (Å²) < 4.78 is 148. The van der Waals surface area contributed by atoms with Crippen molar-refractivity contribution in [1.82, 2.24) is 0 Å². The summed E-state index contributed by atoms with van der Waals surface area (Å²) in [6, 6.07) is 80.5. The topological polar surface area (TPSA) is 127 Å². The maximum atomic E-state index is 11.9. The number of carbonyl (C=O) groups excluding carboxylic acids is 1. The van der Waals surface area contributed by atoms with Crippen molar-refractivity contribution in [3.8, 4) is 85.3 Å². The number of unbranched alkanes of at least 4 members (excludes halogenated alkanes) is 1. The first-order chi connectivity index (χ1) is 56.0. The van der Waals surface area contributed by atoms with Crippen molar-refractivity contribution in [3.63, 3.8) is 0 Å². The predicted molar refractivity (Wildman–Crippen MR) is 439 cm³/mol. The zero-order valence-corrected chi connectivity index (χ0v) is 65.3. The molecule has 0 amide bonds. The number of aromatic nitrogens is 3. The van der Waals surface area contributed by atoms with E-state index in [1.807, 2.05) is 136 Å². The first-order valence-corrected chi connectivity index (χ1v) is 36.8. The number of rotatable bonds is 11. The number of esters is 1. The summed E-state index contributed by atoms with van der Waals surface area (Å²) in [5.74, 6) is 9.16. The fourth-order valence-corrected chi connectivity index (χ4v) is 15.2. The Labute approximate surface area is 674 Å². The van der Waals surface area contributed by atoms with E-state index in [4.69, 9.17) is 41.4 Å². The Hall–Kier alpha value is -13.6. The molecule has 0 saturated heterocycles. The van der Waals surface area contributed by atoms with Crippen molar-refractivity contribution in [2.45, 2.75) is 59.5 Å². The highest BCUT2D eigenvalue weighted by Crippen LogP contribution is 2.52. The molecule has 12 aromatic carbocycles. The van der Waals surface area contributed by atoms with Crippen molar-refractivity contribution < 1.29 is 113 Å². The van der Waals surface area contributed by atoms with Crippen LogP contribution in [0.2, 0.25) is 0 Å². The van der Waals surface area contributed by atoms with Crippen LogP contribution >= 0.6 is 0 Å². The van der Waals surface area contributed by atoms with Gasteiger partial charge >= 0.3 is 28.6 Å². The molecule has 4 aliphatic rings. The average Bonchev–Trinajstić information content (AvgIpc) is 0.702. The molecule has 3 aromatic heterocycles. The average molecular weight is 1630 g/mol. The van der Waals surface area contributed by atoms with Gasteiger partial charge in [-0.1, -0.05) is 102 Å². The van der Waals surface area contributed by atoms with Gasteiger partial charge in [-0.15, -0.1) is 0 Å². The molecule has 7 heterocycles. The lowest BCUT2D eigenvalue weighted by Crippen LogP contribution is -3.00. The number of fused-ring (bicyclic) bond motifs is 2. The van der Waals surface area contributed by atoms with Crippen molar-refractivity contribution in [2.75, 3.05) is 28.4 Å². The van der Waals surface area contributed by atoms with Crippen molar-refractivity contribution in [1.29, 1.82) is 0 Å². The van der Waals surface area contributed by atoms with Gasteiger partial charge in [0.15, 0.2) is 0 Å². The summed E-state index contributed by atoms with van der Waals surface area (Å²) >= 11 is 0. The second kappa shape index (κ2) is 36.7. The van der Waals surface area contributed by atoms with Gasteiger partial charge in [0, 0.05) is 108 Å². The molecule has 0 N–H and O–H groups in total. The lowest BCUT2D eigenvalue weighted by Gasteiger charge is -2.19. The van der Waals surface area contributed by atoms with Crippen LogP contribution in [0, 0.1) is 25.7 Å². The molecule has 0 saturated carbocycles. The molecule has 0 spiro atoms. The van der Waals surface area contributed by atoms with E-state index < -0.39 is 28.2 Å². The second-order valence-corrected chi connectivity index (χ2v) is 27.8. The Morgan fingerprint density at radius 2 is 0.605 bits per heavy atom. The van der Waals surface area contributed by atoms with Crippen LogP contribution < -0.4 is 46.8 Å². The molecule has 13 nitrogen and oxygen atoms in total. The quantitative estimate of drug-likeness (QED) is 0.0180. The highest BCUT2D eigenvalue weighted by atomic mass is 19.4. The van der Waals surface area contributed by atoms with Crippen LogP contribution in [0.4, 0.5) is 38.8 Å². The number of ether oxygens (including phenoxy) is 5. The second-order valence-electron chi connectivity index (χ2n) is 27.8. The SMILES string of the molecule is CC(C)(C)OC(=O)CCCC#Cc1ccc(-[n+]2c3cccc4oc5cccc6oc7cccc2c7c(c43)-c56)cc1.COc1cccc(OC)c1-c1c2c(OC)cccc2[n+](-c2ccc(C)cc2)c2cccc(OC)c12.Cc1ccc(-[n+]2c3cccc4oc5cccc6oc7cccc2c7c(c43)-c56)cc1.FB(F)F.FB(F)F.FB(F)F.[F-].[F-].[F-]. The zero-order chi connectivity index (χ0) is 81.8. The lowest BCUT2D eigenvalue weighted by atomic mass is 9.92. The van der Waals surface area contributed by atoms with Crippen LogP contribution in [0.1, 0.15) is 56.7 Å². The minimum absolute atomic E-state index is 0. The lowest BCUT2D eigenvalue weighted by molar-refractivity contribution is -0.538. The monoisotopic (exact) mass is 1630 g/mol. The van der Waals surface area contributed by atoms with Gasteiger partial charge in [0.25, 0.3) is 0 Å². The molecule has 28 heteroatoms. The number of hydrogen-bond donors (Lipinski definition) is 0. The van der Waals surface area contributed by atoms with Gasteiger partial charge in [-0.2, -0.15) is 13.7 Å². The van der Waals surface area contributed by atoms with Gasteiger partial charge in [0.1, 0.15) is 73.3 Å². The van der Waals surface area contributed by atoms with E-state index in [2.05, 4.69) is 161 Å². The Morgan fingerprint density at radius 3 is 0.916 bits per heavy atom. The third-order valence-corrected chi connectivity index (χ3v) is 19.5. The number of hydrogen-bond acceptors (Lipinski definition) is 10. The predicted octanol–water partition coefficient (Wildman–Crippen LogP) is 14.7. The fraction of sp³-hybridized carbons (Fsp3) is 0.143. The van der Waals surface area contributed by atoms with Gasteiger partial charge in [-0.05, 0) is 126 Å². The first-order valence-electron chi connectivity index (χ1n) is 36.8. The minimum atomic E-state index is -3.67. The first kappa shape index (κ1) is 86.3. The third-order valence-electron chi connectivity index (χ3n) is 19.5. The van der Waals surface area contributed by atoms with Crippen molar-refractivity contribution in [2.24, 2.45) is 0 Å². The molecule has 0 radical (unpaired) electrons. The molecule has 19 rings (SSSR count). The number of carbonyl (C=O) groups is 1. The standard InChI is InChI=1S/C35H28NO4.C30H28NO4.C26H16NO2.3BF3.3FH/c1-35(2,3)40-30(37)17-6-4-5-10-22-18-20-23(21-19-22)36-24-11-7-13-26-31(24)34-32-25(36)12-8-14-27(32)39-29-16-9-15-28(38-26)33(29)34;1-19-15-17-20(18-16-19)31-21-9-6-11-23(32-2)27(21)30(28-22(31)10-7-12-24(28)33-3)29-25(34-4)13-8-14-26(29)35-5;1-15-11-13-16(14-12-15)27-17-5-2-7-19-23(17)26-24-18(27)6-3-8-20(24)29-22-10-4-9-21(28-19)25(22)26;3*2-1(3)4;;;/h7-9,11-16,18-21H,4,6,17H2,1-3H3;6-18H,1-5H3;2-14H,1H3;;;;3*1H/q3*+1;;;;;;/p-3. The molecular weight excluding hydrogens is 1560 g/mol. The number of nitrogens with zero attached hydrogens (tertiary/aromatic N) is 3. The number of pyridine rings is 3. The van der Waals surface area contributed by atoms with E-state index in [-0.39, 0.29) is 20.1 Å². The van der Waals surface area contributed by atoms with Crippen LogP contribution in [-0.2, 0) is 9.53 Å². The number of aryl methyl sites for hydroxylation is 2. The van der Waals surface area contributed by atoms with E-state index in [1.165, 1.54) is 22.3 Å². The zero-order valence-electron chi connectivity index (χ0n) is 65.3. The summed E-state index contributed by atoms with van der Waals surface area (Å²) in [6.07, 6.45) is 1.70. The van der Waals surface area contributed by atoms with Gasteiger partial charge in [-0.3, -0.25) is 43.6 Å². The van der Waals surface area contributed by atoms with E-state index in [0.29, 0.717) is 30.8 Å². The van der Waals surface area contributed by atoms with Crippen LogP contribution in [0.3, 0.4) is 0 Å². The van der Waals surface area contributed by atoms with E-state index in [0.717, 1.165) is 166 Å². The Balaban J connectivity index is 0.000000163.